The van der Waals surface area contributed by atoms with Gasteiger partial charge in [0.15, 0.2) is 14.1 Å². The van der Waals surface area contributed by atoms with Crippen molar-refractivity contribution in [3.05, 3.63) is 48.0 Å². The summed E-state index contributed by atoms with van der Waals surface area (Å²) in [6.45, 7) is 15.2. The molecule has 0 aliphatic rings. The zero-order chi connectivity index (χ0) is 17.0. The molecule has 0 spiro atoms. The molecule has 0 saturated heterocycles. The molecule has 0 aromatic heterocycles. The number of carbonyl (C=O) groups excluding carboxylic acids is 1. The second-order valence-corrected chi connectivity index (χ2v) is 12.1. The first kappa shape index (κ1) is 18.8. The minimum atomic E-state index is -1.84. The Morgan fingerprint density at radius 2 is 1.82 bits per heavy atom. The zero-order valence-corrected chi connectivity index (χ0v) is 15.3. The van der Waals surface area contributed by atoms with Crippen LogP contribution in [0.25, 0.3) is 0 Å². The highest BCUT2D eigenvalue weighted by Gasteiger charge is 2.37. The number of hydrogen-bond donors (Lipinski definition) is 1. The summed E-state index contributed by atoms with van der Waals surface area (Å²) >= 11 is 0. The van der Waals surface area contributed by atoms with Crippen LogP contribution in [0.5, 0.6) is 0 Å². The summed E-state index contributed by atoms with van der Waals surface area (Å²) in [6.07, 6.45) is -0.819. The van der Waals surface area contributed by atoms with E-state index in [0.29, 0.717) is 12.2 Å². The number of benzene rings is 1. The van der Waals surface area contributed by atoms with Gasteiger partial charge in [0.25, 0.3) is 0 Å². The van der Waals surface area contributed by atoms with Crippen LogP contribution in [0, 0.1) is 0 Å². The molecule has 0 amide bonds. The third kappa shape index (κ3) is 5.20. The van der Waals surface area contributed by atoms with Gasteiger partial charge in [0.1, 0.15) is 6.10 Å². The number of Topliss-reactive ketones (excluding diaryl/α,β-unsaturated/α-hetero) is 1. The number of rotatable bonds is 7. The number of aliphatic hydroxyl groups is 1. The fourth-order valence-electron chi connectivity index (χ4n) is 1.72. The lowest BCUT2D eigenvalue weighted by Crippen LogP contribution is -2.41. The quantitative estimate of drug-likeness (QED) is 0.465. The van der Waals surface area contributed by atoms with Crippen molar-refractivity contribution in [2.24, 2.45) is 0 Å². The van der Waals surface area contributed by atoms with Gasteiger partial charge in [-0.2, -0.15) is 0 Å². The average molecular weight is 321 g/mol. The molecule has 0 bridgehead atoms. The van der Waals surface area contributed by atoms with Gasteiger partial charge in [-0.1, -0.05) is 63.3 Å². The van der Waals surface area contributed by atoms with Crippen LogP contribution >= 0.6 is 0 Å². The molecule has 1 rings (SSSR count). The van der Waals surface area contributed by atoms with E-state index in [1.165, 1.54) is 0 Å². The van der Waals surface area contributed by atoms with E-state index in [9.17, 15) is 9.90 Å². The van der Waals surface area contributed by atoms with Crippen molar-refractivity contribution in [2.75, 3.05) is 6.61 Å². The molecule has 1 unspecified atom stereocenters. The first-order valence-corrected chi connectivity index (χ1v) is 10.5. The summed E-state index contributed by atoms with van der Waals surface area (Å²) in [7, 11) is -1.84. The molecule has 0 aliphatic heterocycles. The SMILES string of the molecule is C=C(CO[Si](C)(C)C(C)(C)C)CC(O)C(=O)c1ccccc1. The van der Waals surface area contributed by atoms with Crippen LogP contribution in [0.15, 0.2) is 42.5 Å². The van der Waals surface area contributed by atoms with Crippen molar-refractivity contribution in [1.82, 2.24) is 0 Å². The van der Waals surface area contributed by atoms with Gasteiger partial charge < -0.3 is 9.53 Å². The summed E-state index contributed by atoms with van der Waals surface area (Å²) < 4.78 is 6.06. The van der Waals surface area contributed by atoms with Gasteiger partial charge >= 0.3 is 0 Å². The van der Waals surface area contributed by atoms with Gasteiger partial charge in [0, 0.05) is 12.0 Å². The highest BCUT2D eigenvalue weighted by atomic mass is 28.4. The van der Waals surface area contributed by atoms with Crippen LogP contribution in [-0.4, -0.2) is 31.9 Å². The monoisotopic (exact) mass is 320 g/mol. The Hall–Kier alpha value is -1.23. The Kier molecular flexibility index (Phi) is 6.29. The lowest BCUT2D eigenvalue weighted by molar-refractivity contribution is 0.0743. The molecule has 0 saturated carbocycles. The highest BCUT2D eigenvalue weighted by molar-refractivity contribution is 6.74. The maximum atomic E-state index is 12.1. The molecule has 22 heavy (non-hydrogen) atoms. The highest BCUT2D eigenvalue weighted by Crippen LogP contribution is 2.36. The molecule has 0 radical (unpaired) electrons. The van der Waals surface area contributed by atoms with Crippen LogP contribution in [0.2, 0.25) is 18.1 Å². The molecule has 0 aliphatic carbocycles. The summed E-state index contributed by atoms with van der Waals surface area (Å²) in [5.41, 5.74) is 1.27. The molecule has 1 atom stereocenters. The van der Waals surface area contributed by atoms with Crippen LogP contribution in [0.4, 0.5) is 0 Å². The fourth-order valence-corrected chi connectivity index (χ4v) is 2.72. The molecule has 1 aromatic rings. The number of ketones is 1. The van der Waals surface area contributed by atoms with Gasteiger partial charge in [-0.05, 0) is 18.1 Å². The topological polar surface area (TPSA) is 46.5 Å². The lowest BCUT2D eigenvalue weighted by Gasteiger charge is -2.36. The van der Waals surface area contributed by atoms with Gasteiger partial charge in [0.05, 0.1) is 6.61 Å². The molecule has 0 fully saturated rings. The van der Waals surface area contributed by atoms with E-state index >= 15 is 0 Å². The van der Waals surface area contributed by atoms with Gasteiger partial charge in [-0.15, -0.1) is 0 Å². The minimum absolute atomic E-state index is 0.131. The Morgan fingerprint density at radius 3 is 2.32 bits per heavy atom. The first-order chi connectivity index (χ1) is 10.0. The number of aliphatic hydroxyl groups excluding tert-OH is 1. The maximum absolute atomic E-state index is 12.1. The summed E-state index contributed by atoms with van der Waals surface area (Å²) in [6, 6.07) is 8.83. The number of hydrogen-bond acceptors (Lipinski definition) is 3. The Balaban J connectivity index is 2.54. The van der Waals surface area contributed by atoms with E-state index in [4.69, 9.17) is 4.43 Å². The lowest BCUT2D eigenvalue weighted by atomic mass is 10.0. The minimum Gasteiger partial charge on any atom is -0.413 e. The Morgan fingerprint density at radius 1 is 1.27 bits per heavy atom. The Bertz CT molecular complexity index is 515. The van der Waals surface area contributed by atoms with Crippen molar-refractivity contribution in [1.29, 1.82) is 0 Å². The standard InChI is InChI=1S/C18H28O3Si/c1-14(13-21-22(5,6)18(2,3)4)12-16(19)17(20)15-10-8-7-9-11-15/h7-11,16,19H,1,12-13H2,2-6H3. The number of carbonyl (C=O) groups is 1. The third-order valence-electron chi connectivity index (χ3n) is 4.29. The van der Waals surface area contributed by atoms with E-state index in [1.807, 2.05) is 6.07 Å². The van der Waals surface area contributed by atoms with E-state index in [1.54, 1.807) is 24.3 Å². The third-order valence-corrected chi connectivity index (χ3v) is 8.76. The second kappa shape index (κ2) is 7.35. The summed E-state index contributed by atoms with van der Waals surface area (Å²) in [5.74, 6) is -0.269. The van der Waals surface area contributed by atoms with Gasteiger partial charge in [-0.25, -0.2) is 0 Å². The predicted octanol–water partition coefficient (Wildman–Crippen LogP) is 4.20. The van der Waals surface area contributed by atoms with Crippen molar-refractivity contribution in [3.63, 3.8) is 0 Å². The van der Waals surface area contributed by atoms with Crippen LogP contribution in [0.3, 0.4) is 0 Å². The van der Waals surface area contributed by atoms with Crippen molar-refractivity contribution < 1.29 is 14.3 Å². The molecular formula is C18H28O3Si. The molecule has 0 heterocycles. The summed E-state index contributed by atoms with van der Waals surface area (Å²) in [4.78, 5) is 12.1. The maximum Gasteiger partial charge on any atom is 0.192 e. The van der Waals surface area contributed by atoms with Crippen LogP contribution in [0.1, 0.15) is 37.6 Å². The summed E-state index contributed by atoms with van der Waals surface area (Å²) in [5, 5.41) is 10.2. The van der Waals surface area contributed by atoms with Gasteiger partial charge in [0.2, 0.25) is 0 Å². The molecule has 1 aromatic carbocycles. The predicted molar refractivity (Wildman–Crippen MR) is 93.7 cm³/mol. The molecule has 3 nitrogen and oxygen atoms in total. The Labute approximate surface area is 135 Å². The molecular weight excluding hydrogens is 292 g/mol. The normalized spacial score (nSPS) is 13.7. The van der Waals surface area contributed by atoms with E-state index < -0.39 is 14.4 Å². The fraction of sp³-hybridized carbons (Fsp3) is 0.500. The van der Waals surface area contributed by atoms with E-state index in [-0.39, 0.29) is 17.2 Å². The largest absolute Gasteiger partial charge is 0.413 e. The first-order valence-electron chi connectivity index (χ1n) is 7.62. The van der Waals surface area contributed by atoms with E-state index in [0.717, 1.165) is 5.57 Å². The molecule has 1 N–H and O–H groups in total. The second-order valence-electron chi connectivity index (χ2n) is 7.25. The van der Waals surface area contributed by atoms with Crippen molar-refractivity contribution in [2.45, 2.75) is 51.4 Å². The molecule has 4 heteroatoms. The van der Waals surface area contributed by atoms with Gasteiger partial charge in [-0.3, -0.25) is 4.79 Å². The smallest absolute Gasteiger partial charge is 0.192 e. The zero-order valence-electron chi connectivity index (χ0n) is 14.3. The average Bonchev–Trinajstić information content (AvgIpc) is 2.44. The van der Waals surface area contributed by atoms with Crippen molar-refractivity contribution >= 4 is 14.1 Å². The van der Waals surface area contributed by atoms with Crippen molar-refractivity contribution in [3.8, 4) is 0 Å². The molecule has 122 valence electrons. The van der Waals surface area contributed by atoms with Crippen LogP contribution < -0.4 is 0 Å². The van der Waals surface area contributed by atoms with Crippen LogP contribution in [-0.2, 0) is 4.43 Å². The van der Waals surface area contributed by atoms with E-state index in [2.05, 4.69) is 40.4 Å².